The van der Waals surface area contributed by atoms with E-state index in [1.807, 2.05) is 61.5 Å². The Morgan fingerprint density at radius 2 is 1.78 bits per heavy atom. The lowest BCUT2D eigenvalue weighted by Crippen LogP contribution is -2.33. The van der Waals surface area contributed by atoms with E-state index < -0.39 is 11.2 Å². The molecule has 0 saturated carbocycles. The van der Waals surface area contributed by atoms with Gasteiger partial charge in [0.15, 0.2) is 0 Å². The molecule has 0 fully saturated rings. The molecule has 0 aliphatic rings. The van der Waals surface area contributed by atoms with Crippen LogP contribution in [-0.2, 0) is 11.3 Å². The minimum Gasteiger partial charge on any atom is -0.311 e. The van der Waals surface area contributed by atoms with Gasteiger partial charge in [-0.2, -0.15) is 0 Å². The molecule has 0 unspecified atom stereocenters. The van der Waals surface area contributed by atoms with E-state index in [0.717, 1.165) is 16.0 Å². The normalized spacial score (nSPS) is 10.6. The quantitative estimate of drug-likeness (QED) is 0.643. The number of hydrogen-bond acceptors (Lipinski definition) is 4. The van der Waals surface area contributed by atoms with Crippen LogP contribution >= 0.6 is 11.8 Å². The molecule has 27 heavy (non-hydrogen) atoms. The Bertz CT molecular complexity index is 1040. The Hall–Kier alpha value is -3.06. The van der Waals surface area contributed by atoms with Gasteiger partial charge in [-0.05, 0) is 24.6 Å². The number of thioether (sulfide) groups is 1. The Morgan fingerprint density at radius 3 is 2.48 bits per heavy atom. The largest absolute Gasteiger partial charge is 0.330 e. The summed E-state index contributed by atoms with van der Waals surface area (Å²) in [6, 6.07) is 18.4. The number of carbonyl (C=O) groups is 1. The number of carbonyl (C=O) groups excluding carboxylic acids is 1. The van der Waals surface area contributed by atoms with Crippen LogP contribution in [0.1, 0.15) is 11.1 Å². The van der Waals surface area contributed by atoms with Gasteiger partial charge >= 0.3 is 5.69 Å². The van der Waals surface area contributed by atoms with Crippen molar-refractivity contribution in [3.05, 3.63) is 92.6 Å². The van der Waals surface area contributed by atoms with E-state index in [0.29, 0.717) is 0 Å². The van der Waals surface area contributed by atoms with Crippen molar-refractivity contribution in [3.8, 4) is 0 Å². The van der Waals surface area contributed by atoms with Crippen LogP contribution in [0.5, 0.6) is 0 Å². The predicted molar refractivity (Wildman–Crippen MR) is 107 cm³/mol. The summed E-state index contributed by atoms with van der Waals surface area (Å²) in [5.74, 6) is 0.0737. The van der Waals surface area contributed by atoms with E-state index in [1.165, 1.54) is 22.4 Å². The third-order valence-electron chi connectivity index (χ3n) is 3.88. The molecule has 6 nitrogen and oxygen atoms in total. The monoisotopic (exact) mass is 381 g/mol. The molecule has 0 bridgehead atoms. The Kier molecular flexibility index (Phi) is 5.93. The molecule has 0 aliphatic heterocycles. The van der Waals surface area contributed by atoms with Crippen LogP contribution in [0.3, 0.4) is 0 Å². The number of aromatic nitrogens is 2. The molecule has 0 aliphatic carbocycles. The summed E-state index contributed by atoms with van der Waals surface area (Å²) in [6.07, 6.45) is 0. The van der Waals surface area contributed by atoms with Gasteiger partial charge < -0.3 is 5.32 Å². The first-order valence-electron chi connectivity index (χ1n) is 8.39. The topological polar surface area (TPSA) is 84.0 Å². The summed E-state index contributed by atoms with van der Waals surface area (Å²) < 4.78 is 1.34. The number of H-pyrrole nitrogens is 1. The van der Waals surface area contributed by atoms with Crippen molar-refractivity contribution in [2.45, 2.75) is 18.4 Å². The molecule has 2 N–H and O–H groups in total. The summed E-state index contributed by atoms with van der Waals surface area (Å²) in [6.45, 7) is 2.25. The van der Waals surface area contributed by atoms with Crippen LogP contribution in [0.4, 0.5) is 5.82 Å². The standard InChI is InChI=1S/C20H19N3O3S/c1-14-7-9-16(10-8-14)27-13-19(25)21-17-11-18(24)22-20(26)23(17)12-15-5-3-2-4-6-15/h2-11H,12-13H2,1H3,(H,21,25)(H,22,24,26). The van der Waals surface area contributed by atoms with Crippen LogP contribution in [0.15, 0.2) is 75.1 Å². The van der Waals surface area contributed by atoms with Gasteiger partial charge in [-0.15, -0.1) is 11.8 Å². The van der Waals surface area contributed by atoms with Gasteiger partial charge in [0.2, 0.25) is 5.91 Å². The van der Waals surface area contributed by atoms with E-state index in [-0.39, 0.29) is 24.0 Å². The van der Waals surface area contributed by atoms with Crippen LogP contribution in [0, 0.1) is 6.92 Å². The van der Waals surface area contributed by atoms with Crippen molar-refractivity contribution >= 4 is 23.5 Å². The Balaban J connectivity index is 1.75. The maximum absolute atomic E-state index is 12.3. The van der Waals surface area contributed by atoms with Crippen LogP contribution < -0.4 is 16.6 Å². The van der Waals surface area contributed by atoms with Gasteiger partial charge in [0.05, 0.1) is 12.3 Å². The van der Waals surface area contributed by atoms with Gasteiger partial charge in [0.1, 0.15) is 5.82 Å². The summed E-state index contributed by atoms with van der Waals surface area (Å²) in [5, 5.41) is 2.68. The van der Waals surface area contributed by atoms with Crippen LogP contribution in [0.2, 0.25) is 0 Å². The molecular formula is C20H19N3O3S. The second-order valence-electron chi connectivity index (χ2n) is 6.05. The van der Waals surface area contributed by atoms with Gasteiger partial charge in [0.25, 0.3) is 5.56 Å². The van der Waals surface area contributed by atoms with E-state index in [9.17, 15) is 14.4 Å². The summed E-state index contributed by atoms with van der Waals surface area (Å²) in [7, 11) is 0. The number of amides is 1. The number of nitrogens with zero attached hydrogens (tertiary/aromatic N) is 1. The molecule has 2 aromatic carbocycles. The van der Waals surface area contributed by atoms with E-state index in [2.05, 4.69) is 10.3 Å². The minimum absolute atomic E-state index is 0.176. The predicted octanol–water partition coefficient (Wildman–Crippen LogP) is 2.62. The zero-order chi connectivity index (χ0) is 19.2. The number of nitrogens with one attached hydrogen (secondary N) is 2. The molecule has 0 radical (unpaired) electrons. The number of benzene rings is 2. The van der Waals surface area contributed by atoms with Gasteiger partial charge in [-0.3, -0.25) is 19.1 Å². The van der Waals surface area contributed by atoms with Crippen molar-refractivity contribution < 1.29 is 4.79 Å². The minimum atomic E-state index is -0.562. The molecule has 1 heterocycles. The highest BCUT2D eigenvalue weighted by Gasteiger charge is 2.11. The van der Waals surface area contributed by atoms with E-state index >= 15 is 0 Å². The fourth-order valence-corrected chi connectivity index (χ4v) is 3.21. The van der Waals surface area contributed by atoms with Gasteiger partial charge in [-0.1, -0.05) is 48.0 Å². The zero-order valence-electron chi connectivity index (χ0n) is 14.8. The van der Waals surface area contributed by atoms with Crippen molar-refractivity contribution in [3.63, 3.8) is 0 Å². The maximum atomic E-state index is 12.3. The molecule has 3 rings (SSSR count). The molecule has 1 amide bonds. The second kappa shape index (κ2) is 8.55. The number of rotatable bonds is 6. The third kappa shape index (κ3) is 5.21. The fraction of sp³-hybridized carbons (Fsp3) is 0.150. The molecule has 3 aromatic rings. The number of anilines is 1. The molecule has 0 atom stereocenters. The highest BCUT2D eigenvalue weighted by molar-refractivity contribution is 8.00. The summed E-state index contributed by atoms with van der Waals surface area (Å²) in [5.41, 5.74) is 0.923. The average molecular weight is 381 g/mol. The third-order valence-corrected chi connectivity index (χ3v) is 4.89. The first kappa shape index (κ1) is 18.7. The summed E-state index contributed by atoms with van der Waals surface area (Å²) >= 11 is 1.39. The van der Waals surface area contributed by atoms with Crippen molar-refractivity contribution in [1.82, 2.24) is 9.55 Å². The van der Waals surface area contributed by atoms with E-state index in [1.54, 1.807) is 0 Å². The average Bonchev–Trinajstić information content (AvgIpc) is 2.65. The smallest absolute Gasteiger partial charge is 0.311 e. The Labute approximate surface area is 160 Å². The molecule has 138 valence electrons. The number of aryl methyl sites for hydroxylation is 1. The lowest BCUT2D eigenvalue weighted by atomic mass is 10.2. The Morgan fingerprint density at radius 1 is 1.07 bits per heavy atom. The van der Waals surface area contributed by atoms with Crippen molar-refractivity contribution in [2.75, 3.05) is 11.1 Å². The summed E-state index contributed by atoms with van der Waals surface area (Å²) in [4.78, 5) is 39.4. The number of hydrogen-bond donors (Lipinski definition) is 2. The van der Waals surface area contributed by atoms with Crippen LogP contribution in [0.25, 0.3) is 0 Å². The zero-order valence-corrected chi connectivity index (χ0v) is 15.6. The van der Waals surface area contributed by atoms with Crippen molar-refractivity contribution in [2.24, 2.45) is 0 Å². The van der Waals surface area contributed by atoms with Gasteiger partial charge in [-0.25, -0.2) is 4.79 Å². The molecular weight excluding hydrogens is 362 g/mol. The number of aromatic amines is 1. The maximum Gasteiger partial charge on any atom is 0.330 e. The van der Waals surface area contributed by atoms with Crippen LogP contribution in [-0.4, -0.2) is 21.2 Å². The molecule has 1 aromatic heterocycles. The lowest BCUT2D eigenvalue weighted by Gasteiger charge is -2.13. The highest BCUT2D eigenvalue weighted by Crippen LogP contribution is 2.18. The lowest BCUT2D eigenvalue weighted by molar-refractivity contribution is -0.113. The second-order valence-corrected chi connectivity index (χ2v) is 7.09. The molecule has 0 spiro atoms. The molecule has 0 saturated heterocycles. The first-order valence-corrected chi connectivity index (χ1v) is 9.37. The fourth-order valence-electron chi connectivity index (χ4n) is 2.51. The van der Waals surface area contributed by atoms with Crippen molar-refractivity contribution in [1.29, 1.82) is 0 Å². The highest BCUT2D eigenvalue weighted by atomic mass is 32.2. The SMILES string of the molecule is Cc1ccc(SCC(=O)Nc2cc(=O)[nH]c(=O)n2Cc2ccccc2)cc1. The first-order chi connectivity index (χ1) is 13.0. The van der Waals surface area contributed by atoms with Gasteiger partial charge in [0, 0.05) is 11.0 Å². The van der Waals surface area contributed by atoms with E-state index in [4.69, 9.17) is 0 Å². The molecule has 7 heteroatoms.